The Morgan fingerprint density at radius 1 is 1.35 bits per heavy atom. The van der Waals surface area contributed by atoms with Gasteiger partial charge in [0.15, 0.2) is 6.10 Å². The molecule has 0 aliphatic heterocycles. The number of esters is 1. The summed E-state index contributed by atoms with van der Waals surface area (Å²) in [5.41, 5.74) is 0.534. The highest BCUT2D eigenvalue weighted by molar-refractivity contribution is 5.97. The van der Waals surface area contributed by atoms with E-state index in [9.17, 15) is 9.59 Å². The Balaban J connectivity index is 2.62. The summed E-state index contributed by atoms with van der Waals surface area (Å²) in [5, 5.41) is 2.66. The van der Waals surface area contributed by atoms with Crippen molar-refractivity contribution in [3.05, 3.63) is 36.4 Å². The number of carbonyl (C=O) groups is 2. The smallest absolute Gasteiger partial charge is 0.331 e. The summed E-state index contributed by atoms with van der Waals surface area (Å²) in [4.78, 5) is 23.3. The molecule has 0 aliphatic rings. The zero-order valence-corrected chi connectivity index (χ0v) is 11.9. The van der Waals surface area contributed by atoms with Gasteiger partial charge >= 0.3 is 5.97 Å². The Hall–Kier alpha value is -2.30. The van der Waals surface area contributed by atoms with Crippen LogP contribution in [0.3, 0.4) is 0 Å². The fourth-order valence-electron chi connectivity index (χ4n) is 1.46. The predicted octanol–water partition coefficient (Wildman–Crippen LogP) is 2.53. The highest BCUT2D eigenvalue weighted by Gasteiger charge is 2.17. The standard InChI is InChI=1S/C15H19NO4/c1-4-5-10-14(17)20-11(2)15(18)16-12-8-6-7-9-13(12)19-3/h5-11H,4H2,1-3H3,(H,16,18)/b10-5+/t11-/m1/s1. The number of amides is 1. The molecule has 5 heteroatoms. The molecule has 0 radical (unpaired) electrons. The van der Waals surface area contributed by atoms with Crippen LogP contribution in [0.25, 0.3) is 0 Å². The second kappa shape index (κ2) is 7.99. The van der Waals surface area contributed by atoms with Crippen LogP contribution in [0, 0.1) is 0 Å². The van der Waals surface area contributed by atoms with Gasteiger partial charge in [0, 0.05) is 6.08 Å². The van der Waals surface area contributed by atoms with Gasteiger partial charge in [-0.3, -0.25) is 4.79 Å². The van der Waals surface area contributed by atoms with Crippen molar-refractivity contribution in [3.63, 3.8) is 0 Å². The second-order valence-corrected chi connectivity index (χ2v) is 4.08. The maximum Gasteiger partial charge on any atom is 0.331 e. The number of ether oxygens (including phenoxy) is 2. The number of para-hydroxylation sites is 2. The van der Waals surface area contributed by atoms with Gasteiger partial charge in [0.1, 0.15) is 5.75 Å². The highest BCUT2D eigenvalue weighted by Crippen LogP contribution is 2.23. The lowest BCUT2D eigenvalue weighted by Crippen LogP contribution is -2.29. The van der Waals surface area contributed by atoms with Crippen molar-refractivity contribution in [2.75, 3.05) is 12.4 Å². The van der Waals surface area contributed by atoms with Gasteiger partial charge in [0.25, 0.3) is 5.91 Å². The van der Waals surface area contributed by atoms with Crippen LogP contribution in [0.15, 0.2) is 36.4 Å². The van der Waals surface area contributed by atoms with Crippen molar-refractivity contribution in [3.8, 4) is 5.75 Å². The summed E-state index contributed by atoms with van der Waals surface area (Å²) in [6.45, 7) is 3.42. The summed E-state index contributed by atoms with van der Waals surface area (Å²) >= 11 is 0. The summed E-state index contributed by atoms with van der Waals surface area (Å²) in [6, 6.07) is 7.02. The largest absolute Gasteiger partial charge is 0.495 e. The second-order valence-electron chi connectivity index (χ2n) is 4.08. The number of methoxy groups -OCH3 is 1. The third-order valence-electron chi connectivity index (χ3n) is 2.52. The molecule has 0 unspecified atom stereocenters. The summed E-state index contributed by atoms with van der Waals surface area (Å²) in [7, 11) is 1.52. The van der Waals surface area contributed by atoms with E-state index in [4.69, 9.17) is 9.47 Å². The van der Waals surface area contributed by atoms with Gasteiger partial charge < -0.3 is 14.8 Å². The van der Waals surface area contributed by atoms with E-state index in [0.29, 0.717) is 11.4 Å². The quantitative estimate of drug-likeness (QED) is 0.641. The lowest BCUT2D eigenvalue weighted by molar-refractivity contribution is -0.148. The van der Waals surface area contributed by atoms with Gasteiger partial charge in [-0.1, -0.05) is 25.1 Å². The maximum atomic E-state index is 11.9. The number of hydrogen-bond acceptors (Lipinski definition) is 4. The molecule has 5 nitrogen and oxygen atoms in total. The molecule has 0 saturated carbocycles. The molecule has 20 heavy (non-hydrogen) atoms. The minimum absolute atomic E-state index is 0.409. The number of carbonyl (C=O) groups excluding carboxylic acids is 2. The molecule has 0 saturated heterocycles. The Kier molecular flexibility index (Phi) is 6.29. The molecule has 1 rings (SSSR count). The normalized spacial score (nSPS) is 11.9. The molecule has 1 N–H and O–H groups in total. The van der Waals surface area contributed by atoms with E-state index < -0.39 is 18.0 Å². The van der Waals surface area contributed by atoms with Gasteiger partial charge in [0.2, 0.25) is 0 Å². The third kappa shape index (κ3) is 4.76. The van der Waals surface area contributed by atoms with Gasteiger partial charge in [-0.2, -0.15) is 0 Å². The van der Waals surface area contributed by atoms with Crippen LogP contribution in [0.4, 0.5) is 5.69 Å². The van der Waals surface area contributed by atoms with Crippen LogP contribution in [-0.2, 0) is 14.3 Å². The van der Waals surface area contributed by atoms with Crippen LogP contribution >= 0.6 is 0 Å². The fraction of sp³-hybridized carbons (Fsp3) is 0.333. The predicted molar refractivity (Wildman–Crippen MR) is 76.6 cm³/mol. The van der Waals surface area contributed by atoms with Gasteiger partial charge in [-0.15, -0.1) is 0 Å². The molecular formula is C15H19NO4. The van der Waals surface area contributed by atoms with Crippen LogP contribution in [0.1, 0.15) is 20.3 Å². The Labute approximate surface area is 118 Å². The first-order valence-corrected chi connectivity index (χ1v) is 6.39. The number of benzene rings is 1. The van der Waals surface area contributed by atoms with Crippen molar-refractivity contribution in [1.29, 1.82) is 0 Å². The SMILES string of the molecule is CC/C=C/C(=O)O[C@H](C)C(=O)Nc1ccccc1OC. The molecule has 0 fully saturated rings. The third-order valence-corrected chi connectivity index (χ3v) is 2.52. The molecule has 1 atom stereocenters. The monoisotopic (exact) mass is 277 g/mol. The van der Waals surface area contributed by atoms with Crippen LogP contribution in [0.5, 0.6) is 5.75 Å². The lowest BCUT2D eigenvalue weighted by Gasteiger charge is -2.14. The first kappa shape index (κ1) is 15.8. The van der Waals surface area contributed by atoms with E-state index >= 15 is 0 Å². The molecule has 0 bridgehead atoms. The zero-order valence-electron chi connectivity index (χ0n) is 11.9. The minimum atomic E-state index is -0.881. The molecule has 1 aromatic rings. The van der Waals surface area contributed by atoms with Crippen LogP contribution in [0.2, 0.25) is 0 Å². The molecule has 1 aromatic carbocycles. The van der Waals surface area contributed by atoms with E-state index in [-0.39, 0.29) is 0 Å². The van der Waals surface area contributed by atoms with Crippen LogP contribution in [-0.4, -0.2) is 25.1 Å². The molecule has 0 heterocycles. The van der Waals surface area contributed by atoms with E-state index in [1.165, 1.54) is 20.1 Å². The Morgan fingerprint density at radius 3 is 2.70 bits per heavy atom. The van der Waals surface area contributed by atoms with E-state index in [2.05, 4.69) is 5.32 Å². The first-order chi connectivity index (χ1) is 9.58. The lowest BCUT2D eigenvalue weighted by atomic mass is 10.2. The summed E-state index contributed by atoms with van der Waals surface area (Å²) in [6.07, 6.45) is 2.84. The number of allylic oxidation sites excluding steroid dienone is 1. The van der Waals surface area contributed by atoms with Crippen LogP contribution < -0.4 is 10.1 Å². The Morgan fingerprint density at radius 2 is 2.05 bits per heavy atom. The minimum Gasteiger partial charge on any atom is -0.495 e. The Bertz CT molecular complexity index is 496. The fourth-order valence-corrected chi connectivity index (χ4v) is 1.46. The molecule has 1 amide bonds. The van der Waals surface area contributed by atoms with Gasteiger partial charge in [0.05, 0.1) is 12.8 Å². The molecular weight excluding hydrogens is 258 g/mol. The highest BCUT2D eigenvalue weighted by atomic mass is 16.5. The molecule has 0 aliphatic carbocycles. The molecule has 0 aromatic heterocycles. The van der Waals surface area contributed by atoms with Gasteiger partial charge in [-0.25, -0.2) is 4.79 Å². The first-order valence-electron chi connectivity index (χ1n) is 6.39. The van der Waals surface area contributed by atoms with Crippen molar-refractivity contribution in [2.45, 2.75) is 26.4 Å². The maximum absolute atomic E-state index is 11.9. The van der Waals surface area contributed by atoms with Crippen molar-refractivity contribution >= 4 is 17.6 Å². The summed E-state index contributed by atoms with van der Waals surface area (Å²) in [5.74, 6) is -0.396. The zero-order chi connectivity index (χ0) is 15.0. The summed E-state index contributed by atoms with van der Waals surface area (Å²) < 4.78 is 10.1. The van der Waals surface area contributed by atoms with E-state index in [0.717, 1.165) is 6.42 Å². The van der Waals surface area contributed by atoms with Crippen molar-refractivity contribution < 1.29 is 19.1 Å². The number of rotatable bonds is 6. The van der Waals surface area contributed by atoms with E-state index in [1.807, 2.05) is 6.92 Å². The molecule has 0 spiro atoms. The number of hydrogen-bond donors (Lipinski definition) is 1. The van der Waals surface area contributed by atoms with Crippen molar-refractivity contribution in [2.24, 2.45) is 0 Å². The average molecular weight is 277 g/mol. The van der Waals surface area contributed by atoms with E-state index in [1.54, 1.807) is 30.3 Å². The number of anilines is 1. The topological polar surface area (TPSA) is 64.6 Å². The number of nitrogens with one attached hydrogen (secondary N) is 1. The molecule has 108 valence electrons. The average Bonchev–Trinajstić information content (AvgIpc) is 2.45. The van der Waals surface area contributed by atoms with Gasteiger partial charge in [-0.05, 0) is 25.5 Å². The van der Waals surface area contributed by atoms with Crippen molar-refractivity contribution in [1.82, 2.24) is 0 Å².